The van der Waals surface area contributed by atoms with Crippen molar-refractivity contribution in [3.05, 3.63) is 24.3 Å². The summed E-state index contributed by atoms with van der Waals surface area (Å²) in [6.45, 7) is 11.8. The lowest BCUT2D eigenvalue weighted by molar-refractivity contribution is -0.161. The van der Waals surface area contributed by atoms with Crippen molar-refractivity contribution in [3.63, 3.8) is 0 Å². The maximum Gasteiger partial charge on any atom is 0.472 e. The topological polar surface area (TPSA) is 237 Å². The average Bonchev–Trinajstić information content (AvgIpc) is 0.911. The van der Waals surface area contributed by atoms with Gasteiger partial charge in [-0.2, -0.15) is 0 Å². The van der Waals surface area contributed by atoms with Crippen LogP contribution in [0.4, 0.5) is 0 Å². The number of phosphoric acid groups is 2. The van der Waals surface area contributed by atoms with E-state index in [1.165, 1.54) is 186 Å². The lowest BCUT2D eigenvalue weighted by Crippen LogP contribution is -2.30. The van der Waals surface area contributed by atoms with Crippen LogP contribution in [0.1, 0.15) is 395 Å². The zero-order valence-corrected chi connectivity index (χ0v) is 66.9. The number of esters is 4. The predicted molar refractivity (Wildman–Crippen MR) is 409 cm³/mol. The van der Waals surface area contributed by atoms with E-state index in [1.54, 1.807) is 0 Å². The normalized spacial score (nSPS) is 14.1. The minimum Gasteiger partial charge on any atom is -0.462 e. The standard InChI is InChI=1S/C81H154O17P2/c1-8-9-10-11-12-13-14-15-20-24-29-35-42-50-57-64-81(86)98-77(69-92-79(84)63-56-49-44-37-40-47-54-61-74(6)7)71-96-100(89,90)94-67-75(82)66-93-99(87,88)95-70-76(68-91-78(83)62-55-48-41-34-31-26-28-33-39-46-53-60-73(4)5)97-80(85)65-58-51-43-36-30-25-22-19-17-16-18-21-23-27-32-38-45-52-59-72(2)3/h13-15,20,72-77,82H,8-12,16-19,21-71H2,1-7H3,(H,87,88)(H,89,90)/b14-13-,20-15-/t75?,76-,77-/m1/s1. The molecule has 3 unspecified atom stereocenters. The smallest absolute Gasteiger partial charge is 0.462 e. The highest BCUT2D eigenvalue weighted by Crippen LogP contribution is 2.45. The SMILES string of the molecule is CCCCCC/C=C\C=C/CCCCCCCC(=O)O[C@H](COC(=O)CCCCCCCCCC(C)C)COP(=O)(O)OCC(O)COP(=O)(O)OC[C@@H](COC(=O)CCCCCCCCCCCCCC(C)C)OC(=O)CCCCCCCCCCCCCCCCCCCCC(C)C. The van der Waals surface area contributed by atoms with Crippen LogP contribution in [-0.2, 0) is 65.4 Å². The number of aliphatic hydroxyl groups is 1. The fourth-order valence-corrected chi connectivity index (χ4v) is 13.5. The van der Waals surface area contributed by atoms with Gasteiger partial charge < -0.3 is 33.8 Å². The molecule has 17 nitrogen and oxygen atoms in total. The summed E-state index contributed by atoms with van der Waals surface area (Å²) in [7, 11) is -9.93. The first-order valence-corrected chi connectivity index (χ1v) is 44.2. The largest absolute Gasteiger partial charge is 0.472 e. The van der Waals surface area contributed by atoms with E-state index in [0.29, 0.717) is 31.6 Å². The predicted octanol–water partition coefficient (Wildman–Crippen LogP) is 23.7. The van der Waals surface area contributed by atoms with Gasteiger partial charge >= 0.3 is 39.5 Å². The summed E-state index contributed by atoms with van der Waals surface area (Å²) in [4.78, 5) is 73.0. The van der Waals surface area contributed by atoms with Crippen molar-refractivity contribution in [2.75, 3.05) is 39.6 Å². The monoisotopic (exact) mass is 1460 g/mol. The number of aliphatic hydroxyl groups excluding tert-OH is 1. The van der Waals surface area contributed by atoms with Crippen LogP contribution in [-0.4, -0.2) is 96.7 Å². The maximum absolute atomic E-state index is 13.1. The molecule has 0 aromatic carbocycles. The summed E-state index contributed by atoms with van der Waals surface area (Å²) in [5, 5.41) is 10.6. The number of carbonyl (C=O) groups is 4. The average molecular weight is 1460 g/mol. The van der Waals surface area contributed by atoms with Crippen molar-refractivity contribution < 1.29 is 80.2 Å². The molecule has 0 bridgehead atoms. The number of hydrogen-bond donors (Lipinski definition) is 3. The molecule has 3 N–H and O–H groups in total. The minimum absolute atomic E-state index is 0.0841. The third-order valence-corrected chi connectivity index (χ3v) is 20.2. The van der Waals surface area contributed by atoms with Gasteiger partial charge in [0.2, 0.25) is 0 Å². The number of rotatable bonds is 77. The minimum atomic E-state index is -4.97. The molecule has 0 rings (SSSR count). The van der Waals surface area contributed by atoms with Crippen LogP contribution < -0.4 is 0 Å². The van der Waals surface area contributed by atoms with Crippen LogP contribution in [0.15, 0.2) is 24.3 Å². The van der Waals surface area contributed by atoms with Crippen molar-refractivity contribution in [2.24, 2.45) is 17.8 Å². The molecule has 0 radical (unpaired) electrons. The van der Waals surface area contributed by atoms with E-state index in [1.807, 2.05) is 0 Å². The summed E-state index contributed by atoms with van der Waals surface area (Å²) in [6.07, 6.45) is 62.0. The van der Waals surface area contributed by atoms with Gasteiger partial charge in [0.25, 0.3) is 0 Å². The zero-order chi connectivity index (χ0) is 73.7. The molecule has 0 spiro atoms. The Balaban J connectivity index is 5.25. The zero-order valence-electron chi connectivity index (χ0n) is 65.2. The number of phosphoric ester groups is 2. The van der Waals surface area contributed by atoms with Gasteiger partial charge in [-0.05, 0) is 69.1 Å². The van der Waals surface area contributed by atoms with Crippen LogP contribution in [0.2, 0.25) is 0 Å². The lowest BCUT2D eigenvalue weighted by Gasteiger charge is -2.21. The Hall–Kier alpha value is -2.46. The second-order valence-electron chi connectivity index (χ2n) is 29.9. The number of carbonyl (C=O) groups excluding carboxylic acids is 4. The fraction of sp³-hybridized carbons (Fsp3) is 0.901. The van der Waals surface area contributed by atoms with Crippen molar-refractivity contribution in [1.82, 2.24) is 0 Å². The highest BCUT2D eigenvalue weighted by atomic mass is 31.2. The highest BCUT2D eigenvalue weighted by Gasteiger charge is 2.30. The Morgan fingerprint density at radius 2 is 0.540 bits per heavy atom. The quantitative estimate of drug-likeness (QED) is 0.0169. The summed E-state index contributed by atoms with van der Waals surface area (Å²) < 4.78 is 68.6. The summed E-state index contributed by atoms with van der Waals surface area (Å²) >= 11 is 0. The van der Waals surface area contributed by atoms with Crippen LogP contribution in [0.3, 0.4) is 0 Å². The molecule has 0 aliphatic carbocycles. The first kappa shape index (κ1) is 97.5. The van der Waals surface area contributed by atoms with E-state index in [0.717, 1.165) is 121 Å². The van der Waals surface area contributed by atoms with Gasteiger partial charge in [-0.15, -0.1) is 0 Å². The molecule has 0 amide bonds. The van der Waals surface area contributed by atoms with Gasteiger partial charge in [-0.25, -0.2) is 9.13 Å². The molecule has 0 aromatic heterocycles. The molecule has 0 aliphatic heterocycles. The summed E-state index contributed by atoms with van der Waals surface area (Å²) in [5.74, 6) is 0.147. The molecule has 0 aromatic rings. The van der Waals surface area contributed by atoms with E-state index in [4.69, 9.17) is 37.0 Å². The van der Waals surface area contributed by atoms with Gasteiger partial charge in [-0.1, -0.05) is 342 Å². The highest BCUT2D eigenvalue weighted by molar-refractivity contribution is 7.47. The number of ether oxygens (including phenoxy) is 4. The molecule has 0 fully saturated rings. The van der Waals surface area contributed by atoms with Gasteiger partial charge in [0.15, 0.2) is 12.2 Å². The Bertz CT molecular complexity index is 2030. The van der Waals surface area contributed by atoms with Crippen LogP contribution in [0, 0.1) is 17.8 Å². The second-order valence-corrected chi connectivity index (χ2v) is 32.8. The van der Waals surface area contributed by atoms with Crippen LogP contribution in [0.25, 0.3) is 0 Å². The molecule has 100 heavy (non-hydrogen) atoms. The molecule has 0 saturated carbocycles. The van der Waals surface area contributed by atoms with Crippen LogP contribution in [0.5, 0.6) is 0 Å². The lowest BCUT2D eigenvalue weighted by atomic mass is 10.0. The van der Waals surface area contributed by atoms with Gasteiger partial charge in [0.1, 0.15) is 19.3 Å². The molecule has 590 valence electrons. The first-order valence-electron chi connectivity index (χ1n) is 41.2. The third-order valence-electron chi connectivity index (χ3n) is 18.3. The molecular formula is C81H154O17P2. The van der Waals surface area contributed by atoms with E-state index in [2.05, 4.69) is 72.8 Å². The van der Waals surface area contributed by atoms with Crippen molar-refractivity contribution in [3.8, 4) is 0 Å². The van der Waals surface area contributed by atoms with Gasteiger partial charge in [-0.3, -0.25) is 37.3 Å². The third kappa shape index (κ3) is 73.8. The second kappa shape index (κ2) is 70.8. The summed E-state index contributed by atoms with van der Waals surface area (Å²) in [6, 6.07) is 0. The maximum atomic E-state index is 13.1. The molecule has 0 saturated heterocycles. The number of unbranched alkanes of at least 4 members (excludes halogenated alkanes) is 42. The fourth-order valence-electron chi connectivity index (χ4n) is 11.9. The Kier molecular flexibility index (Phi) is 69.1. The molecular weight excluding hydrogens is 1310 g/mol. The molecule has 0 heterocycles. The van der Waals surface area contributed by atoms with E-state index in [-0.39, 0.29) is 25.7 Å². The Labute approximate surface area is 612 Å². The van der Waals surface area contributed by atoms with Crippen molar-refractivity contribution >= 4 is 39.5 Å². The van der Waals surface area contributed by atoms with E-state index < -0.39 is 97.5 Å². The number of hydrogen-bond acceptors (Lipinski definition) is 15. The van der Waals surface area contributed by atoms with Gasteiger partial charge in [0, 0.05) is 25.7 Å². The van der Waals surface area contributed by atoms with Crippen molar-refractivity contribution in [1.29, 1.82) is 0 Å². The summed E-state index contributed by atoms with van der Waals surface area (Å²) in [5.41, 5.74) is 0. The first-order chi connectivity index (χ1) is 48.2. The molecule has 19 heteroatoms. The molecule has 5 atom stereocenters. The van der Waals surface area contributed by atoms with Crippen molar-refractivity contribution in [2.45, 2.75) is 414 Å². The van der Waals surface area contributed by atoms with E-state index >= 15 is 0 Å². The van der Waals surface area contributed by atoms with Crippen LogP contribution >= 0.6 is 15.6 Å². The number of allylic oxidation sites excluding steroid dienone is 4. The Morgan fingerprint density at radius 3 is 0.810 bits per heavy atom. The van der Waals surface area contributed by atoms with Gasteiger partial charge in [0.05, 0.1) is 26.4 Å². The Morgan fingerprint density at radius 1 is 0.310 bits per heavy atom. The van der Waals surface area contributed by atoms with E-state index in [9.17, 15) is 43.2 Å². The molecule has 0 aliphatic rings.